The minimum absolute atomic E-state index is 0.115. The van der Waals surface area contributed by atoms with Crippen LogP contribution in [0.5, 0.6) is 11.5 Å². The normalized spacial score (nSPS) is 13.0. The molecule has 1 aliphatic rings. The largest absolute Gasteiger partial charge is 0.486 e. The average molecular weight is 362 g/mol. The molecule has 0 aliphatic carbocycles. The Morgan fingerprint density at radius 3 is 2.96 bits per heavy atom. The van der Waals surface area contributed by atoms with E-state index in [9.17, 15) is 4.79 Å². The minimum atomic E-state index is -0.479. The molecule has 0 saturated heterocycles. The number of aromatic nitrogens is 1. The first-order chi connectivity index (χ1) is 11.7. The topological polar surface area (TPSA) is 57.7 Å². The van der Waals surface area contributed by atoms with E-state index in [2.05, 4.69) is 4.98 Å². The summed E-state index contributed by atoms with van der Waals surface area (Å²) in [6, 6.07) is 10.9. The van der Waals surface area contributed by atoms with Crippen molar-refractivity contribution < 1.29 is 19.0 Å². The zero-order valence-electron chi connectivity index (χ0n) is 12.5. The lowest BCUT2D eigenvalue weighted by Crippen LogP contribution is -2.16. The highest BCUT2D eigenvalue weighted by Crippen LogP contribution is 2.38. The molecule has 2 heterocycles. The Morgan fingerprint density at radius 1 is 1.25 bits per heavy atom. The first-order valence-electron chi connectivity index (χ1n) is 7.31. The van der Waals surface area contributed by atoms with Gasteiger partial charge < -0.3 is 14.2 Å². The van der Waals surface area contributed by atoms with Gasteiger partial charge in [-0.25, -0.2) is 9.78 Å². The van der Waals surface area contributed by atoms with Gasteiger partial charge in [0.2, 0.25) is 0 Å². The Labute approximate surface area is 146 Å². The Bertz CT molecular complexity index is 891. The number of thiazole rings is 1. The number of halogens is 1. The lowest BCUT2D eigenvalue weighted by atomic mass is 10.2. The summed E-state index contributed by atoms with van der Waals surface area (Å²) < 4.78 is 17.3. The fourth-order valence-corrected chi connectivity index (χ4v) is 3.57. The standard InChI is InChI=1S/C17H12ClNO4S/c18-11-7-10(8-13-16(11)22-6-5-21-13)17(20)23-9-15-19-12-3-1-2-4-14(12)24-15/h1-4,7-8H,5-6,9H2. The summed E-state index contributed by atoms with van der Waals surface area (Å²) in [5, 5.41) is 1.08. The van der Waals surface area contributed by atoms with E-state index < -0.39 is 5.97 Å². The van der Waals surface area contributed by atoms with Gasteiger partial charge in [0.1, 0.15) is 24.8 Å². The third-order valence-corrected chi connectivity index (χ3v) is 4.79. The van der Waals surface area contributed by atoms with Crippen molar-refractivity contribution in [1.82, 2.24) is 4.98 Å². The van der Waals surface area contributed by atoms with Gasteiger partial charge in [0.05, 0.1) is 20.8 Å². The first-order valence-corrected chi connectivity index (χ1v) is 8.51. The number of esters is 1. The molecule has 0 amide bonds. The number of benzene rings is 2. The number of fused-ring (bicyclic) bond motifs is 2. The van der Waals surface area contributed by atoms with E-state index in [1.807, 2.05) is 24.3 Å². The fraction of sp³-hybridized carbons (Fsp3) is 0.176. The third kappa shape index (κ3) is 2.90. The van der Waals surface area contributed by atoms with Crippen LogP contribution in [0.3, 0.4) is 0 Å². The second kappa shape index (κ2) is 6.30. The van der Waals surface area contributed by atoms with Crippen LogP contribution in [0.15, 0.2) is 36.4 Å². The SMILES string of the molecule is O=C(OCc1nc2ccccc2s1)c1cc(Cl)c2c(c1)OCCO2. The highest BCUT2D eigenvalue weighted by molar-refractivity contribution is 7.18. The monoisotopic (exact) mass is 361 g/mol. The molecule has 0 spiro atoms. The van der Waals surface area contributed by atoms with Crippen molar-refractivity contribution in [3.8, 4) is 11.5 Å². The molecule has 0 atom stereocenters. The van der Waals surface area contributed by atoms with Gasteiger partial charge in [0, 0.05) is 0 Å². The van der Waals surface area contributed by atoms with E-state index in [1.54, 1.807) is 6.07 Å². The number of para-hydroxylation sites is 1. The maximum absolute atomic E-state index is 12.3. The van der Waals surface area contributed by atoms with Gasteiger partial charge in [-0.3, -0.25) is 0 Å². The van der Waals surface area contributed by atoms with Gasteiger partial charge in [0.25, 0.3) is 0 Å². The van der Waals surface area contributed by atoms with Crippen LogP contribution >= 0.6 is 22.9 Å². The Morgan fingerprint density at radius 2 is 2.08 bits per heavy atom. The third-order valence-electron chi connectivity index (χ3n) is 3.50. The van der Waals surface area contributed by atoms with Crippen LogP contribution in [-0.4, -0.2) is 24.2 Å². The summed E-state index contributed by atoms with van der Waals surface area (Å²) >= 11 is 7.64. The molecule has 0 saturated carbocycles. The maximum Gasteiger partial charge on any atom is 0.338 e. The van der Waals surface area contributed by atoms with Crippen molar-refractivity contribution in [2.24, 2.45) is 0 Å². The summed E-state index contributed by atoms with van der Waals surface area (Å²) in [4.78, 5) is 16.7. The zero-order valence-corrected chi connectivity index (χ0v) is 14.0. The predicted molar refractivity (Wildman–Crippen MR) is 91.2 cm³/mol. The molecule has 122 valence electrons. The van der Waals surface area contributed by atoms with Crippen molar-refractivity contribution in [2.45, 2.75) is 6.61 Å². The van der Waals surface area contributed by atoms with E-state index in [0.717, 1.165) is 15.2 Å². The van der Waals surface area contributed by atoms with Gasteiger partial charge in [-0.2, -0.15) is 0 Å². The number of carbonyl (C=O) groups is 1. The maximum atomic E-state index is 12.3. The van der Waals surface area contributed by atoms with E-state index in [0.29, 0.717) is 35.3 Å². The van der Waals surface area contributed by atoms with Gasteiger partial charge in [-0.1, -0.05) is 23.7 Å². The molecule has 1 aliphatic heterocycles. The summed E-state index contributed by atoms with van der Waals surface area (Å²) in [7, 11) is 0. The van der Waals surface area contributed by atoms with Gasteiger partial charge in [0.15, 0.2) is 11.5 Å². The van der Waals surface area contributed by atoms with Crippen molar-refractivity contribution in [3.05, 3.63) is 52.0 Å². The van der Waals surface area contributed by atoms with Crippen LogP contribution < -0.4 is 9.47 Å². The van der Waals surface area contributed by atoms with Crippen molar-refractivity contribution in [3.63, 3.8) is 0 Å². The smallest absolute Gasteiger partial charge is 0.338 e. The lowest BCUT2D eigenvalue weighted by molar-refractivity contribution is 0.0471. The summed E-state index contributed by atoms with van der Waals surface area (Å²) in [5.74, 6) is 0.444. The van der Waals surface area contributed by atoms with E-state index in [4.69, 9.17) is 25.8 Å². The van der Waals surface area contributed by atoms with Crippen LogP contribution in [0.4, 0.5) is 0 Å². The number of carbonyl (C=O) groups excluding carboxylic acids is 1. The molecule has 0 unspecified atom stereocenters. The number of hydrogen-bond donors (Lipinski definition) is 0. The highest BCUT2D eigenvalue weighted by Gasteiger charge is 2.20. The molecule has 24 heavy (non-hydrogen) atoms. The van der Waals surface area contributed by atoms with Crippen molar-refractivity contribution >= 4 is 39.1 Å². The van der Waals surface area contributed by atoms with Crippen LogP contribution in [0, 0.1) is 0 Å². The Balaban J connectivity index is 1.50. The van der Waals surface area contributed by atoms with E-state index in [1.165, 1.54) is 17.4 Å². The molecule has 0 fully saturated rings. The highest BCUT2D eigenvalue weighted by atomic mass is 35.5. The minimum Gasteiger partial charge on any atom is -0.486 e. The molecule has 0 radical (unpaired) electrons. The van der Waals surface area contributed by atoms with Crippen molar-refractivity contribution in [2.75, 3.05) is 13.2 Å². The van der Waals surface area contributed by atoms with E-state index in [-0.39, 0.29) is 6.61 Å². The second-order valence-corrected chi connectivity index (χ2v) is 6.66. The van der Waals surface area contributed by atoms with Crippen molar-refractivity contribution in [1.29, 1.82) is 0 Å². The Kier molecular flexibility index (Phi) is 4.00. The lowest BCUT2D eigenvalue weighted by Gasteiger charge is -2.19. The zero-order chi connectivity index (χ0) is 16.5. The van der Waals surface area contributed by atoms with Gasteiger partial charge in [-0.15, -0.1) is 11.3 Å². The van der Waals surface area contributed by atoms with E-state index >= 15 is 0 Å². The molecule has 2 aromatic carbocycles. The second-order valence-electron chi connectivity index (χ2n) is 5.13. The molecule has 0 bridgehead atoms. The number of hydrogen-bond acceptors (Lipinski definition) is 6. The summed E-state index contributed by atoms with van der Waals surface area (Å²) in [5.41, 5.74) is 1.22. The molecule has 7 heteroatoms. The number of ether oxygens (including phenoxy) is 3. The summed E-state index contributed by atoms with van der Waals surface area (Å²) in [6.45, 7) is 0.978. The van der Waals surface area contributed by atoms with Crippen LogP contribution in [0.1, 0.15) is 15.4 Å². The van der Waals surface area contributed by atoms with Gasteiger partial charge in [-0.05, 0) is 24.3 Å². The molecule has 1 aromatic heterocycles. The number of nitrogens with zero attached hydrogens (tertiary/aromatic N) is 1. The first kappa shape index (κ1) is 15.2. The van der Waals surface area contributed by atoms with Crippen LogP contribution in [-0.2, 0) is 11.3 Å². The summed E-state index contributed by atoms with van der Waals surface area (Å²) in [6.07, 6.45) is 0. The molecular formula is C17H12ClNO4S. The molecule has 4 rings (SSSR count). The Hall–Kier alpha value is -2.31. The predicted octanol–water partition coefficient (Wildman–Crippen LogP) is 4.08. The molecule has 3 aromatic rings. The average Bonchev–Trinajstić information content (AvgIpc) is 3.02. The van der Waals surface area contributed by atoms with Gasteiger partial charge >= 0.3 is 5.97 Å². The molecule has 5 nitrogen and oxygen atoms in total. The number of rotatable bonds is 3. The molecular weight excluding hydrogens is 350 g/mol. The molecule has 0 N–H and O–H groups in total. The van der Waals surface area contributed by atoms with Crippen LogP contribution in [0.2, 0.25) is 5.02 Å². The van der Waals surface area contributed by atoms with Crippen LogP contribution in [0.25, 0.3) is 10.2 Å². The quantitative estimate of drug-likeness (QED) is 0.658. The fourth-order valence-electron chi connectivity index (χ4n) is 2.42.